The SMILES string of the molecule is CNC1C(=O)N(CC2CCC3CC32)CCc2ncoc21. The third kappa shape index (κ3) is 1.87. The predicted octanol–water partition coefficient (Wildman–Crippen LogP) is 1.37. The monoisotopic (exact) mass is 275 g/mol. The Labute approximate surface area is 118 Å². The number of oxazole rings is 1. The van der Waals surface area contributed by atoms with Crippen molar-refractivity contribution in [3.63, 3.8) is 0 Å². The van der Waals surface area contributed by atoms with E-state index < -0.39 is 0 Å². The van der Waals surface area contributed by atoms with Gasteiger partial charge in [0.25, 0.3) is 0 Å². The van der Waals surface area contributed by atoms with Gasteiger partial charge in [-0.3, -0.25) is 4.79 Å². The van der Waals surface area contributed by atoms with Gasteiger partial charge >= 0.3 is 0 Å². The summed E-state index contributed by atoms with van der Waals surface area (Å²) in [4.78, 5) is 19.0. The van der Waals surface area contributed by atoms with E-state index in [4.69, 9.17) is 4.42 Å². The Morgan fingerprint density at radius 1 is 1.50 bits per heavy atom. The molecule has 1 aliphatic heterocycles. The first-order valence-electron chi connectivity index (χ1n) is 7.66. The Balaban J connectivity index is 1.53. The highest BCUT2D eigenvalue weighted by atomic mass is 16.3. The zero-order chi connectivity index (χ0) is 13.7. The second-order valence-electron chi connectivity index (χ2n) is 6.42. The third-order valence-electron chi connectivity index (χ3n) is 5.35. The Hall–Kier alpha value is -1.36. The van der Waals surface area contributed by atoms with Gasteiger partial charge in [-0.15, -0.1) is 0 Å². The van der Waals surface area contributed by atoms with Crippen molar-refractivity contribution in [1.29, 1.82) is 0 Å². The Morgan fingerprint density at radius 3 is 3.10 bits per heavy atom. The second kappa shape index (κ2) is 4.58. The average Bonchev–Trinajstić information content (AvgIpc) is 2.95. The quantitative estimate of drug-likeness (QED) is 0.905. The lowest BCUT2D eigenvalue weighted by molar-refractivity contribution is -0.134. The zero-order valence-electron chi connectivity index (χ0n) is 11.8. The molecular formula is C15H21N3O2. The van der Waals surface area contributed by atoms with E-state index in [0.29, 0.717) is 5.76 Å². The number of nitrogens with one attached hydrogen (secondary N) is 1. The number of carbonyl (C=O) groups is 1. The van der Waals surface area contributed by atoms with E-state index in [1.807, 2.05) is 11.9 Å². The van der Waals surface area contributed by atoms with Gasteiger partial charge in [0.1, 0.15) is 6.04 Å². The van der Waals surface area contributed by atoms with Crippen molar-refractivity contribution in [2.45, 2.75) is 31.7 Å². The van der Waals surface area contributed by atoms with E-state index in [9.17, 15) is 4.79 Å². The van der Waals surface area contributed by atoms with Gasteiger partial charge < -0.3 is 14.6 Å². The minimum atomic E-state index is -0.369. The van der Waals surface area contributed by atoms with E-state index in [0.717, 1.165) is 43.0 Å². The summed E-state index contributed by atoms with van der Waals surface area (Å²) in [7, 11) is 1.81. The molecule has 3 aliphatic rings. The Bertz CT molecular complexity index is 527. The summed E-state index contributed by atoms with van der Waals surface area (Å²) < 4.78 is 5.44. The predicted molar refractivity (Wildman–Crippen MR) is 72.9 cm³/mol. The number of aromatic nitrogens is 1. The molecule has 1 aromatic rings. The largest absolute Gasteiger partial charge is 0.446 e. The van der Waals surface area contributed by atoms with Crippen molar-refractivity contribution in [3.05, 3.63) is 17.8 Å². The van der Waals surface area contributed by atoms with Crippen LogP contribution in [0.4, 0.5) is 0 Å². The van der Waals surface area contributed by atoms with Gasteiger partial charge in [0, 0.05) is 19.5 Å². The molecule has 2 aliphatic carbocycles. The van der Waals surface area contributed by atoms with Gasteiger partial charge in [-0.2, -0.15) is 0 Å². The van der Waals surface area contributed by atoms with Crippen molar-refractivity contribution in [2.75, 3.05) is 20.1 Å². The molecule has 4 rings (SSSR count). The summed E-state index contributed by atoms with van der Waals surface area (Å²) in [5.41, 5.74) is 0.927. The van der Waals surface area contributed by atoms with Crippen LogP contribution in [0, 0.1) is 17.8 Å². The van der Waals surface area contributed by atoms with Gasteiger partial charge in [-0.1, -0.05) is 0 Å². The van der Waals surface area contributed by atoms with Gasteiger partial charge in [-0.25, -0.2) is 4.98 Å². The first kappa shape index (κ1) is 12.4. The maximum atomic E-state index is 12.7. The van der Waals surface area contributed by atoms with Crippen LogP contribution in [0.15, 0.2) is 10.8 Å². The lowest BCUT2D eigenvalue weighted by atomic mass is 10.0. The molecule has 0 aromatic carbocycles. The number of hydrogen-bond acceptors (Lipinski definition) is 4. The van der Waals surface area contributed by atoms with E-state index >= 15 is 0 Å². The molecule has 2 saturated carbocycles. The lowest BCUT2D eigenvalue weighted by Gasteiger charge is -2.27. The number of amides is 1. The fourth-order valence-corrected chi connectivity index (χ4v) is 4.11. The highest BCUT2D eigenvalue weighted by Gasteiger charge is 2.48. The second-order valence-corrected chi connectivity index (χ2v) is 6.42. The molecule has 0 saturated heterocycles. The lowest BCUT2D eigenvalue weighted by Crippen LogP contribution is -2.41. The molecule has 0 bridgehead atoms. The summed E-state index contributed by atoms with van der Waals surface area (Å²) in [5.74, 6) is 3.44. The van der Waals surface area contributed by atoms with Crippen molar-refractivity contribution >= 4 is 5.91 Å². The fraction of sp³-hybridized carbons (Fsp3) is 0.733. The minimum absolute atomic E-state index is 0.145. The van der Waals surface area contributed by atoms with Crippen LogP contribution >= 0.6 is 0 Å². The number of nitrogens with zero attached hydrogens (tertiary/aromatic N) is 2. The zero-order valence-corrected chi connectivity index (χ0v) is 11.8. The van der Waals surface area contributed by atoms with Crippen molar-refractivity contribution in [2.24, 2.45) is 17.8 Å². The normalized spacial score (nSPS) is 35.6. The molecule has 4 unspecified atom stereocenters. The van der Waals surface area contributed by atoms with Crippen LogP contribution in [0.3, 0.4) is 0 Å². The van der Waals surface area contributed by atoms with E-state index in [1.54, 1.807) is 0 Å². The van der Waals surface area contributed by atoms with Crippen LogP contribution in [0.1, 0.15) is 36.8 Å². The maximum absolute atomic E-state index is 12.7. The molecular weight excluding hydrogens is 254 g/mol. The van der Waals surface area contributed by atoms with Crippen LogP contribution in [0.25, 0.3) is 0 Å². The minimum Gasteiger partial charge on any atom is -0.446 e. The number of rotatable bonds is 3. The average molecular weight is 275 g/mol. The first-order chi connectivity index (χ1) is 9.78. The van der Waals surface area contributed by atoms with Gasteiger partial charge in [-0.05, 0) is 44.1 Å². The highest BCUT2D eigenvalue weighted by molar-refractivity contribution is 5.83. The molecule has 1 N–H and O–H groups in total. The summed E-state index contributed by atoms with van der Waals surface area (Å²) in [6.07, 6.45) is 6.31. The molecule has 4 atom stereocenters. The van der Waals surface area contributed by atoms with Crippen molar-refractivity contribution in [3.8, 4) is 0 Å². The van der Waals surface area contributed by atoms with Gasteiger partial charge in [0.2, 0.25) is 5.91 Å². The Morgan fingerprint density at radius 2 is 2.40 bits per heavy atom. The smallest absolute Gasteiger partial charge is 0.247 e. The highest BCUT2D eigenvalue weighted by Crippen LogP contribution is 2.55. The molecule has 2 heterocycles. The number of hydrogen-bond donors (Lipinski definition) is 1. The fourth-order valence-electron chi connectivity index (χ4n) is 4.11. The van der Waals surface area contributed by atoms with E-state index in [1.165, 1.54) is 25.7 Å². The van der Waals surface area contributed by atoms with Crippen LogP contribution in [0.2, 0.25) is 0 Å². The summed E-state index contributed by atoms with van der Waals surface area (Å²) >= 11 is 0. The third-order valence-corrected chi connectivity index (χ3v) is 5.35. The molecule has 5 nitrogen and oxygen atoms in total. The Kier molecular flexibility index (Phi) is 2.84. The van der Waals surface area contributed by atoms with Crippen LogP contribution < -0.4 is 5.32 Å². The standard InChI is InChI=1S/C15H21N3O2/c1-16-13-14-12(17-8-20-14)4-5-18(15(13)19)7-10-3-2-9-6-11(9)10/h8-11,13,16H,2-7H2,1H3. The van der Waals surface area contributed by atoms with Crippen LogP contribution in [0.5, 0.6) is 0 Å². The van der Waals surface area contributed by atoms with Crippen molar-refractivity contribution in [1.82, 2.24) is 15.2 Å². The summed E-state index contributed by atoms with van der Waals surface area (Å²) in [6, 6.07) is -0.369. The molecule has 1 amide bonds. The molecule has 20 heavy (non-hydrogen) atoms. The molecule has 1 aromatic heterocycles. The molecule has 0 radical (unpaired) electrons. The molecule has 0 spiro atoms. The van der Waals surface area contributed by atoms with E-state index in [2.05, 4.69) is 10.3 Å². The van der Waals surface area contributed by atoms with Crippen LogP contribution in [-0.2, 0) is 11.2 Å². The summed E-state index contributed by atoms with van der Waals surface area (Å²) in [6.45, 7) is 1.69. The van der Waals surface area contributed by atoms with E-state index in [-0.39, 0.29) is 11.9 Å². The number of fused-ring (bicyclic) bond motifs is 2. The topological polar surface area (TPSA) is 58.4 Å². The molecule has 108 valence electrons. The first-order valence-corrected chi connectivity index (χ1v) is 7.66. The molecule has 2 fully saturated rings. The summed E-state index contributed by atoms with van der Waals surface area (Å²) in [5, 5.41) is 3.09. The van der Waals surface area contributed by atoms with Crippen LogP contribution in [-0.4, -0.2) is 35.9 Å². The number of carbonyl (C=O) groups excluding carboxylic acids is 1. The molecule has 5 heteroatoms. The van der Waals surface area contributed by atoms with Crippen molar-refractivity contribution < 1.29 is 9.21 Å². The van der Waals surface area contributed by atoms with Gasteiger partial charge in [0.05, 0.1) is 5.69 Å². The number of likely N-dealkylation sites (N-methyl/N-ethyl adjacent to an activating group) is 1. The maximum Gasteiger partial charge on any atom is 0.247 e. The van der Waals surface area contributed by atoms with Gasteiger partial charge in [0.15, 0.2) is 12.2 Å².